The highest BCUT2D eigenvalue weighted by atomic mass is 32.2. The highest BCUT2D eigenvalue weighted by Gasteiger charge is 2.16. The molecule has 2 rings (SSSR count). The Balaban J connectivity index is 2.27. The maximum atomic E-state index is 12.3. The third-order valence-corrected chi connectivity index (χ3v) is 4.54. The molecule has 1 aromatic carbocycles. The molecule has 0 radical (unpaired) electrons. The van der Waals surface area contributed by atoms with E-state index < -0.39 is 10.0 Å². The molecule has 0 aromatic heterocycles. The summed E-state index contributed by atoms with van der Waals surface area (Å²) in [5.74, 6) is 0.432. The second-order valence-electron chi connectivity index (χ2n) is 4.86. The van der Waals surface area contributed by atoms with Gasteiger partial charge in [0.05, 0.1) is 4.90 Å². The van der Waals surface area contributed by atoms with Crippen molar-refractivity contribution in [3.63, 3.8) is 0 Å². The quantitative estimate of drug-likeness (QED) is 0.839. The molecule has 108 valence electrons. The summed E-state index contributed by atoms with van der Waals surface area (Å²) < 4.78 is 27.2. The van der Waals surface area contributed by atoms with Crippen molar-refractivity contribution < 1.29 is 8.42 Å². The Morgan fingerprint density at radius 1 is 1.20 bits per heavy atom. The number of nitrogens with two attached hydrogens (primary N) is 1. The maximum absolute atomic E-state index is 12.3. The number of allylic oxidation sites excluding steroid dienone is 1. The van der Waals surface area contributed by atoms with Gasteiger partial charge >= 0.3 is 0 Å². The zero-order chi connectivity index (χ0) is 14.6. The Morgan fingerprint density at radius 2 is 1.90 bits per heavy atom. The maximum Gasteiger partial charge on any atom is 0.263 e. The van der Waals surface area contributed by atoms with E-state index in [1.807, 2.05) is 6.92 Å². The first-order valence-electron chi connectivity index (χ1n) is 6.60. The molecule has 0 saturated carbocycles. The number of nitrogens with one attached hydrogen (secondary N) is 1. The van der Waals surface area contributed by atoms with Crippen LogP contribution < -0.4 is 10.5 Å². The van der Waals surface area contributed by atoms with E-state index in [0.717, 1.165) is 31.3 Å². The van der Waals surface area contributed by atoms with Gasteiger partial charge in [0, 0.05) is 11.9 Å². The number of sulfonamides is 1. The molecule has 3 N–H and O–H groups in total. The van der Waals surface area contributed by atoms with Crippen molar-refractivity contribution in [3.8, 4) is 0 Å². The van der Waals surface area contributed by atoms with Crippen LogP contribution in [0.3, 0.4) is 0 Å². The van der Waals surface area contributed by atoms with Crippen molar-refractivity contribution in [1.29, 1.82) is 0 Å². The normalized spacial score (nSPS) is 21.9. The number of benzene rings is 1. The molecule has 1 heterocycles. The summed E-state index contributed by atoms with van der Waals surface area (Å²) in [6.07, 6.45) is 5.63. The van der Waals surface area contributed by atoms with Gasteiger partial charge in [0.2, 0.25) is 0 Å². The van der Waals surface area contributed by atoms with Crippen LogP contribution in [-0.2, 0) is 10.0 Å². The Morgan fingerprint density at radius 3 is 2.60 bits per heavy atom. The van der Waals surface area contributed by atoms with Crippen LogP contribution >= 0.6 is 0 Å². The van der Waals surface area contributed by atoms with Crippen molar-refractivity contribution >= 4 is 21.9 Å². The lowest BCUT2D eigenvalue weighted by Gasteiger charge is -2.13. The Bertz CT molecular complexity index is 631. The van der Waals surface area contributed by atoms with Crippen molar-refractivity contribution in [2.24, 2.45) is 4.99 Å². The molecule has 0 unspecified atom stereocenters. The second kappa shape index (κ2) is 6.09. The van der Waals surface area contributed by atoms with Crippen LogP contribution in [0.1, 0.15) is 32.6 Å². The highest BCUT2D eigenvalue weighted by Crippen LogP contribution is 2.18. The van der Waals surface area contributed by atoms with E-state index in [-0.39, 0.29) is 4.90 Å². The fourth-order valence-corrected chi connectivity index (χ4v) is 3.05. The third-order valence-electron chi connectivity index (χ3n) is 3.18. The van der Waals surface area contributed by atoms with Crippen molar-refractivity contribution in [2.75, 3.05) is 5.73 Å². The lowest BCUT2D eigenvalue weighted by atomic mass is 10.1. The highest BCUT2D eigenvalue weighted by molar-refractivity contribution is 7.89. The summed E-state index contributed by atoms with van der Waals surface area (Å²) in [6, 6.07) is 6.11. The van der Waals surface area contributed by atoms with Crippen LogP contribution in [0.5, 0.6) is 0 Å². The van der Waals surface area contributed by atoms with Gasteiger partial charge in [0.25, 0.3) is 10.0 Å². The topological polar surface area (TPSA) is 84.5 Å². The number of hydrogen-bond acceptors (Lipinski definition) is 4. The van der Waals surface area contributed by atoms with Crippen LogP contribution in [0.15, 0.2) is 45.5 Å². The molecule has 0 bridgehead atoms. The van der Waals surface area contributed by atoms with E-state index in [0.29, 0.717) is 11.5 Å². The second-order valence-corrected chi connectivity index (χ2v) is 6.54. The predicted molar refractivity (Wildman–Crippen MR) is 80.8 cm³/mol. The Hall–Kier alpha value is -1.82. The van der Waals surface area contributed by atoms with Crippen molar-refractivity contribution in [3.05, 3.63) is 35.7 Å². The van der Waals surface area contributed by atoms with E-state index in [4.69, 9.17) is 5.73 Å². The summed E-state index contributed by atoms with van der Waals surface area (Å²) in [7, 11) is -3.61. The van der Waals surface area contributed by atoms with Crippen LogP contribution in [0.2, 0.25) is 0 Å². The first-order chi connectivity index (χ1) is 9.49. The minimum atomic E-state index is -3.61. The van der Waals surface area contributed by atoms with Gasteiger partial charge < -0.3 is 5.73 Å². The average Bonchev–Trinajstić information content (AvgIpc) is 2.39. The van der Waals surface area contributed by atoms with E-state index in [1.54, 1.807) is 18.3 Å². The fraction of sp³-hybridized carbons (Fsp3) is 0.357. The summed E-state index contributed by atoms with van der Waals surface area (Å²) >= 11 is 0. The van der Waals surface area contributed by atoms with Crippen LogP contribution in [0.4, 0.5) is 5.69 Å². The van der Waals surface area contributed by atoms with E-state index in [2.05, 4.69) is 9.71 Å². The number of nitrogens with zero attached hydrogens (tertiary/aromatic N) is 1. The standard InChI is InChI=1S/C14H19N3O2S/c1-11-5-3-2-4-10-16-14(11)17-20(18,19)13-8-6-12(15)7-9-13/h6-10,17H,2-5,15H2,1H3/b14-11-,16-10-. The zero-order valence-corrected chi connectivity index (χ0v) is 12.3. The van der Waals surface area contributed by atoms with Crippen molar-refractivity contribution in [2.45, 2.75) is 37.5 Å². The van der Waals surface area contributed by atoms with E-state index >= 15 is 0 Å². The molecular formula is C14H19N3O2S. The largest absolute Gasteiger partial charge is 0.399 e. The van der Waals surface area contributed by atoms with E-state index in [1.165, 1.54) is 12.1 Å². The summed E-state index contributed by atoms with van der Waals surface area (Å²) in [6.45, 7) is 1.91. The Labute approximate surface area is 119 Å². The van der Waals surface area contributed by atoms with Gasteiger partial charge in [0.15, 0.2) is 0 Å². The number of anilines is 1. The molecule has 1 aromatic rings. The minimum absolute atomic E-state index is 0.184. The Kier molecular flexibility index (Phi) is 4.44. The molecular weight excluding hydrogens is 274 g/mol. The average molecular weight is 293 g/mol. The molecule has 0 aliphatic carbocycles. The molecule has 1 aliphatic rings. The summed E-state index contributed by atoms with van der Waals surface area (Å²) in [5.41, 5.74) is 7.06. The fourth-order valence-electron chi connectivity index (χ4n) is 1.96. The van der Waals surface area contributed by atoms with Gasteiger partial charge in [-0.15, -0.1) is 0 Å². The molecule has 0 spiro atoms. The molecule has 6 heteroatoms. The van der Waals surface area contributed by atoms with Gasteiger partial charge in [-0.3, -0.25) is 4.72 Å². The molecule has 0 fully saturated rings. The molecule has 0 amide bonds. The summed E-state index contributed by atoms with van der Waals surface area (Å²) in [5, 5.41) is 0. The van der Waals surface area contributed by atoms with Crippen LogP contribution in [0, 0.1) is 0 Å². The van der Waals surface area contributed by atoms with Gasteiger partial charge in [-0.05, 0) is 62.4 Å². The van der Waals surface area contributed by atoms with E-state index in [9.17, 15) is 8.42 Å². The smallest absolute Gasteiger partial charge is 0.263 e. The van der Waals surface area contributed by atoms with Crippen molar-refractivity contribution in [1.82, 2.24) is 4.72 Å². The molecule has 20 heavy (non-hydrogen) atoms. The zero-order valence-electron chi connectivity index (χ0n) is 11.5. The SMILES string of the molecule is C/C1=C(NS(=O)(=O)c2ccc(N)cc2)\N=C/CCCC1. The number of aliphatic imine (C=N–C) groups is 1. The van der Waals surface area contributed by atoms with Gasteiger partial charge in [-0.2, -0.15) is 0 Å². The molecule has 5 nitrogen and oxygen atoms in total. The lowest BCUT2D eigenvalue weighted by molar-refractivity contribution is 0.587. The number of hydrogen-bond donors (Lipinski definition) is 2. The molecule has 0 atom stereocenters. The molecule has 1 aliphatic heterocycles. The third kappa shape index (κ3) is 3.60. The predicted octanol–water partition coefficient (Wildman–Crippen LogP) is 2.42. The lowest BCUT2D eigenvalue weighted by Crippen LogP contribution is -2.23. The van der Waals surface area contributed by atoms with Crippen LogP contribution in [0.25, 0.3) is 0 Å². The monoisotopic (exact) mass is 293 g/mol. The van der Waals surface area contributed by atoms with Gasteiger partial charge in [0.1, 0.15) is 5.82 Å². The molecule has 0 saturated heterocycles. The van der Waals surface area contributed by atoms with Gasteiger partial charge in [-0.25, -0.2) is 13.4 Å². The summed E-state index contributed by atoms with van der Waals surface area (Å²) in [4.78, 5) is 4.42. The first kappa shape index (κ1) is 14.6. The minimum Gasteiger partial charge on any atom is -0.399 e. The van der Waals surface area contributed by atoms with Gasteiger partial charge in [-0.1, -0.05) is 0 Å². The number of nitrogen functional groups attached to an aromatic ring is 1. The van der Waals surface area contributed by atoms with Crippen LogP contribution in [-0.4, -0.2) is 14.6 Å². The first-order valence-corrected chi connectivity index (χ1v) is 8.08. The number of rotatable bonds is 3.